The van der Waals surface area contributed by atoms with Crippen LogP contribution in [-0.2, 0) is 0 Å². The Morgan fingerprint density at radius 3 is 1.65 bits per heavy atom. The number of nitrogens with zero attached hydrogens (tertiary/aromatic N) is 2. The van der Waals surface area contributed by atoms with Crippen molar-refractivity contribution in [1.82, 2.24) is 9.97 Å². The maximum absolute atomic E-state index is 9.26. The van der Waals surface area contributed by atoms with Crippen molar-refractivity contribution in [1.29, 1.82) is 0 Å². The molecule has 242 valence electrons. The summed E-state index contributed by atoms with van der Waals surface area (Å²) in [5.74, 6) is -0.342. The van der Waals surface area contributed by atoms with Gasteiger partial charge in [0.1, 0.15) is 0 Å². The molecule has 0 spiro atoms. The van der Waals surface area contributed by atoms with Gasteiger partial charge in [-0.3, -0.25) is 0 Å². The molecular weight excluding hydrogens is 629 g/mol. The predicted molar refractivity (Wildman–Crippen MR) is 219 cm³/mol. The second kappa shape index (κ2) is 12.5. The van der Waals surface area contributed by atoms with E-state index in [4.69, 9.17) is 21.4 Å². The Kier molecular flexibility index (Phi) is 4.53. The normalized spacial score (nSPS) is 15.2. The molecule has 0 aliphatic rings. The van der Waals surface area contributed by atoms with E-state index in [-0.39, 0.29) is 28.3 Å². The lowest BCUT2D eigenvalue weighted by molar-refractivity contribution is 1.18. The van der Waals surface area contributed by atoms with Crippen LogP contribution in [0.2, 0.25) is 0 Å². The van der Waals surface area contributed by atoms with E-state index in [1.165, 1.54) is 6.07 Å². The predicted octanol–water partition coefficient (Wildman–Crippen LogP) is 13.4. The molecule has 0 N–H and O–H groups in total. The van der Waals surface area contributed by atoms with Gasteiger partial charge >= 0.3 is 0 Å². The molecule has 10 aromatic rings. The average molecular weight is 675 g/mol. The SMILES string of the molecule is [2H]c1c([2H])c([2H])c(-c2nc(-c3c([2H])c([2H])c(-c4c([2H])c([2H])c([2H])c([2H])c4[2H])c([2H])c3[2H])cc(-c3ccc(-c4c5ccccc5cc5c4ccc4ccccc45)c4ccccc34)n2)c([2H])c1[2H]. The molecule has 9 aromatic carbocycles. The molecule has 0 saturated carbocycles. The summed E-state index contributed by atoms with van der Waals surface area (Å²) < 4.78 is 121. The van der Waals surface area contributed by atoms with Crippen LogP contribution in [0, 0.1) is 0 Å². The molecule has 0 amide bonds. The minimum atomic E-state index is -0.712. The fraction of sp³-hybridized carbons (Fsp3) is 0. The standard InChI is InChI=1S/C50H32N2/c1-3-13-33(14-4-1)34-23-25-36(26-24-34)47-32-48(52-50(51-47)37-16-5-2-6-17-37)43-29-30-44(42-22-12-11-21-41(42)43)49-40-20-10-8-18-38(40)31-46-39-19-9-7-15-35(39)27-28-45(46)49/h1-32H/i1D,2D,3D,4D,5D,6D,13D,14D,16D,17D,23D,24D,25D,26D. The van der Waals surface area contributed by atoms with Gasteiger partial charge in [-0.15, -0.1) is 0 Å². The fourth-order valence-corrected chi connectivity index (χ4v) is 6.98. The molecule has 10 rings (SSSR count). The van der Waals surface area contributed by atoms with Crippen molar-refractivity contribution >= 4 is 43.1 Å². The molecule has 0 atom stereocenters. The van der Waals surface area contributed by atoms with E-state index in [0.717, 1.165) is 48.8 Å². The molecule has 0 unspecified atom stereocenters. The lowest BCUT2D eigenvalue weighted by Gasteiger charge is -2.17. The van der Waals surface area contributed by atoms with Gasteiger partial charge in [-0.25, -0.2) is 9.97 Å². The summed E-state index contributed by atoms with van der Waals surface area (Å²) in [4.78, 5) is 9.44. The van der Waals surface area contributed by atoms with Crippen molar-refractivity contribution in [2.24, 2.45) is 0 Å². The first-order valence-electron chi connectivity index (χ1n) is 23.6. The first-order chi connectivity index (χ1) is 31.6. The monoisotopic (exact) mass is 674 g/mol. The molecule has 0 saturated heterocycles. The third-order valence-electron chi connectivity index (χ3n) is 9.32. The molecule has 0 radical (unpaired) electrons. The average Bonchev–Trinajstić information content (AvgIpc) is 3.33. The first kappa shape index (κ1) is 18.9. The largest absolute Gasteiger partial charge is 0.228 e. The van der Waals surface area contributed by atoms with E-state index in [9.17, 15) is 2.74 Å². The Balaban J connectivity index is 1.27. The highest BCUT2D eigenvalue weighted by atomic mass is 14.9. The second-order valence-electron chi connectivity index (χ2n) is 12.3. The Morgan fingerprint density at radius 2 is 0.904 bits per heavy atom. The highest BCUT2D eigenvalue weighted by Gasteiger charge is 2.18. The molecule has 2 heteroatoms. The van der Waals surface area contributed by atoms with Gasteiger partial charge in [0.05, 0.1) is 30.6 Å². The van der Waals surface area contributed by atoms with Crippen molar-refractivity contribution < 1.29 is 19.2 Å². The van der Waals surface area contributed by atoms with E-state index >= 15 is 0 Å². The van der Waals surface area contributed by atoms with Crippen molar-refractivity contribution in [3.63, 3.8) is 0 Å². The summed E-state index contributed by atoms with van der Waals surface area (Å²) in [5, 5.41) is 7.94. The minimum Gasteiger partial charge on any atom is -0.228 e. The number of fused-ring (bicyclic) bond motifs is 5. The van der Waals surface area contributed by atoms with E-state index in [1.54, 1.807) is 0 Å². The second-order valence-corrected chi connectivity index (χ2v) is 12.3. The van der Waals surface area contributed by atoms with E-state index in [2.05, 4.69) is 47.4 Å². The number of rotatable bonds is 5. The van der Waals surface area contributed by atoms with Crippen LogP contribution in [0.3, 0.4) is 0 Å². The molecular formula is C50H32N2. The van der Waals surface area contributed by atoms with Crippen molar-refractivity contribution in [2.75, 3.05) is 0 Å². The van der Waals surface area contributed by atoms with Gasteiger partial charge in [0, 0.05) is 16.7 Å². The van der Waals surface area contributed by atoms with Gasteiger partial charge in [0.2, 0.25) is 0 Å². The third-order valence-corrected chi connectivity index (χ3v) is 9.32. The molecule has 0 aliphatic carbocycles. The van der Waals surface area contributed by atoms with Gasteiger partial charge in [0.25, 0.3) is 0 Å². The Morgan fingerprint density at radius 1 is 0.346 bits per heavy atom. The molecule has 2 nitrogen and oxygen atoms in total. The first-order valence-corrected chi connectivity index (χ1v) is 16.6. The van der Waals surface area contributed by atoms with Crippen LogP contribution in [0.4, 0.5) is 0 Å². The van der Waals surface area contributed by atoms with Crippen molar-refractivity contribution in [3.8, 4) is 56.2 Å². The Labute approximate surface area is 322 Å². The maximum atomic E-state index is 9.26. The lowest BCUT2D eigenvalue weighted by atomic mass is 9.86. The van der Waals surface area contributed by atoms with Gasteiger partial charge in [-0.05, 0) is 77.5 Å². The highest BCUT2D eigenvalue weighted by molar-refractivity contribution is 6.23. The smallest absolute Gasteiger partial charge is 0.160 e. The zero-order chi connectivity index (χ0) is 46.6. The highest BCUT2D eigenvalue weighted by Crippen LogP contribution is 2.44. The summed E-state index contributed by atoms with van der Waals surface area (Å²) in [7, 11) is 0. The van der Waals surface area contributed by atoms with E-state index in [1.807, 2.05) is 60.7 Å². The molecule has 1 heterocycles. The molecule has 0 fully saturated rings. The number of hydrogen-bond donors (Lipinski definition) is 0. The van der Waals surface area contributed by atoms with Gasteiger partial charge < -0.3 is 0 Å². The molecule has 1 aromatic heterocycles. The van der Waals surface area contributed by atoms with Gasteiger partial charge in [0.15, 0.2) is 5.82 Å². The minimum absolute atomic E-state index is 0.171. The van der Waals surface area contributed by atoms with E-state index in [0.29, 0.717) is 10.9 Å². The van der Waals surface area contributed by atoms with E-state index < -0.39 is 95.7 Å². The zero-order valence-corrected chi connectivity index (χ0v) is 27.3. The number of hydrogen-bond acceptors (Lipinski definition) is 2. The number of benzene rings is 9. The topological polar surface area (TPSA) is 25.8 Å². The van der Waals surface area contributed by atoms with Crippen LogP contribution in [-0.4, -0.2) is 9.97 Å². The Hall–Kier alpha value is -6.90. The quantitative estimate of drug-likeness (QED) is 0.134. The summed E-state index contributed by atoms with van der Waals surface area (Å²) >= 11 is 0. The molecule has 0 aliphatic heterocycles. The summed E-state index contributed by atoms with van der Waals surface area (Å²) in [6, 6.07) is 26.4. The van der Waals surface area contributed by atoms with Crippen LogP contribution >= 0.6 is 0 Å². The zero-order valence-electron chi connectivity index (χ0n) is 41.3. The molecule has 52 heavy (non-hydrogen) atoms. The van der Waals surface area contributed by atoms with Crippen LogP contribution < -0.4 is 0 Å². The maximum Gasteiger partial charge on any atom is 0.160 e. The van der Waals surface area contributed by atoms with Crippen molar-refractivity contribution in [2.45, 2.75) is 0 Å². The lowest BCUT2D eigenvalue weighted by Crippen LogP contribution is -1.97. The summed E-state index contributed by atoms with van der Waals surface area (Å²) in [5.41, 5.74) is 0.688. The summed E-state index contributed by atoms with van der Waals surface area (Å²) in [6.45, 7) is 0. The van der Waals surface area contributed by atoms with Crippen LogP contribution in [0.15, 0.2) is 194 Å². The summed E-state index contributed by atoms with van der Waals surface area (Å²) in [6.07, 6.45) is 0. The van der Waals surface area contributed by atoms with Crippen molar-refractivity contribution in [3.05, 3.63) is 194 Å². The van der Waals surface area contributed by atoms with Crippen LogP contribution in [0.1, 0.15) is 19.2 Å². The Bertz CT molecular complexity index is 3690. The number of aromatic nitrogens is 2. The third kappa shape index (κ3) is 5.12. The van der Waals surface area contributed by atoms with Crippen LogP contribution in [0.5, 0.6) is 0 Å². The van der Waals surface area contributed by atoms with Crippen LogP contribution in [0.25, 0.3) is 99.2 Å². The fourth-order valence-electron chi connectivity index (χ4n) is 6.98. The molecule has 0 bridgehead atoms. The van der Waals surface area contributed by atoms with Gasteiger partial charge in [-0.2, -0.15) is 0 Å². The van der Waals surface area contributed by atoms with Gasteiger partial charge in [-0.1, -0.05) is 182 Å².